The Morgan fingerprint density at radius 3 is 2.71 bits per heavy atom. The van der Waals surface area contributed by atoms with E-state index in [0.717, 1.165) is 15.7 Å². The minimum atomic E-state index is 0.0262. The van der Waals surface area contributed by atoms with Crippen LogP contribution >= 0.6 is 23.5 Å². The van der Waals surface area contributed by atoms with E-state index in [4.69, 9.17) is 4.42 Å². The lowest BCUT2D eigenvalue weighted by Gasteiger charge is -1.98. The van der Waals surface area contributed by atoms with Crippen LogP contribution < -0.4 is 0 Å². The van der Waals surface area contributed by atoms with E-state index in [2.05, 4.69) is 0 Å². The molecule has 2 rings (SSSR count). The summed E-state index contributed by atoms with van der Waals surface area (Å²) in [5.41, 5.74) is 0. The van der Waals surface area contributed by atoms with Gasteiger partial charge in [-0.2, -0.15) is 0 Å². The lowest BCUT2D eigenvalue weighted by molar-refractivity contribution is -0.110. The molecule has 1 aliphatic rings. The molecule has 0 unspecified atom stereocenters. The van der Waals surface area contributed by atoms with Crippen molar-refractivity contribution in [2.45, 2.75) is 12.8 Å². The summed E-state index contributed by atoms with van der Waals surface area (Å²) in [6.45, 7) is 0. The molecule has 90 valence electrons. The van der Waals surface area contributed by atoms with E-state index >= 15 is 0 Å². The van der Waals surface area contributed by atoms with Crippen LogP contribution in [0, 0.1) is 0 Å². The van der Waals surface area contributed by atoms with Gasteiger partial charge >= 0.3 is 0 Å². The fraction of sp³-hybridized carbons (Fsp3) is 0.308. The average Bonchev–Trinajstić information content (AvgIpc) is 2.72. The van der Waals surface area contributed by atoms with Gasteiger partial charge in [0, 0.05) is 10.3 Å². The second-order valence-corrected chi connectivity index (χ2v) is 6.15. The van der Waals surface area contributed by atoms with E-state index in [0.29, 0.717) is 5.76 Å². The monoisotopic (exact) mass is 266 g/mol. The van der Waals surface area contributed by atoms with Gasteiger partial charge in [0.05, 0.1) is 6.26 Å². The van der Waals surface area contributed by atoms with Gasteiger partial charge in [0.2, 0.25) is 0 Å². The number of ketones is 1. The van der Waals surface area contributed by atoms with Gasteiger partial charge < -0.3 is 4.42 Å². The van der Waals surface area contributed by atoms with Gasteiger partial charge in [-0.15, -0.1) is 23.5 Å². The lowest BCUT2D eigenvalue weighted by atomic mass is 10.3. The van der Waals surface area contributed by atoms with Gasteiger partial charge in [0.1, 0.15) is 5.76 Å². The summed E-state index contributed by atoms with van der Waals surface area (Å²) in [5, 5.41) is 0. The Hall–Kier alpha value is -0.870. The van der Waals surface area contributed by atoms with Crippen molar-refractivity contribution in [2.75, 3.05) is 11.5 Å². The first kappa shape index (κ1) is 12.6. The molecule has 2 nitrogen and oxygen atoms in total. The van der Waals surface area contributed by atoms with Crippen LogP contribution in [0.15, 0.2) is 39.2 Å². The Morgan fingerprint density at radius 2 is 2.06 bits per heavy atom. The van der Waals surface area contributed by atoms with Crippen LogP contribution in [0.2, 0.25) is 0 Å². The van der Waals surface area contributed by atoms with Crippen LogP contribution in [0.1, 0.15) is 18.6 Å². The summed E-state index contributed by atoms with van der Waals surface area (Å²) in [5.74, 6) is 2.97. The molecule has 0 aromatic carbocycles. The summed E-state index contributed by atoms with van der Waals surface area (Å²) in [6.07, 6.45) is 9.06. The minimum absolute atomic E-state index is 0.0262. The molecule has 1 aliphatic heterocycles. The highest BCUT2D eigenvalue weighted by Crippen LogP contribution is 2.33. The van der Waals surface area contributed by atoms with Gasteiger partial charge in [-0.05, 0) is 48.6 Å². The van der Waals surface area contributed by atoms with E-state index < -0.39 is 0 Å². The predicted octanol–water partition coefficient (Wildman–Crippen LogP) is 3.96. The molecular weight excluding hydrogens is 252 g/mol. The lowest BCUT2D eigenvalue weighted by Crippen LogP contribution is -1.86. The van der Waals surface area contributed by atoms with Crippen molar-refractivity contribution in [3.05, 3.63) is 40.5 Å². The largest absolute Gasteiger partial charge is 0.465 e. The van der Waals surface area contributed by atoms with Gasteiger partial charge in [-0.1, -0.05) is 0 Å². The third-order valence-corrected chi connectivity index (χ3v) is 4.74. The molecule has 1 saturated heterocycles. The highest BCUT2D eigenvalue weighted by Gasteiger charge is 2.06. The maximum Gasteiger partial charge on any atom is 0.180 e. The zero-order valence-corrected chi connectivity index (χ0v) is 11.1. The highest BCUT2D eigenvalue weighted by atomic mass is 32.2. The maximum atomic E-state index is 11.7. The maximum absolute atomic E-state index is 11.7. The molecule has 17 heavy (non-hydrogen) atoms. The predicted molar refractivity (Wildman–Crippen MR) is 75.0 cm³/mol. The Balaban J connectivity index is 1.93. The van der Waals surface area contributed by atoms with Gasteiger partial charge in [0.15, 0.2) is 5.78 Å². The van der Waals surface area contributed by atoms with Crippen molar-refractivity contribution in [1.82, 2.24) is 0 Å². The van der Waals surface area contributed by atoms with Crippen molar-refractivity contribution >= 4 is 35.4 Å². The minimum Gasteiger partial charge on any atom is -0.465 e. The van der Waals surface area contributed by atoms with E-state index in [9.17, 15) is 4.79 Å². The van der Waals surface area contributed by atoms with Crippen molar-refractivity contribution in [3.8, 4) is 0 Å². The first-order valence-corrected chi connectivity index (χ1v) is 7.54. The van der Waals surface area contributed by atoms with Gasteiger partial charge in [0.25, 0.3) is 0 Å². The molecule has 0 N–H and O–H groups in total. The Bertz CT molecular complexity index is 409. The van der Waals surface area contributed by atoms with Crippen molar-refractivity contribution in [3.63, 3.8) is 0 Å². The topological polar surface area (TPSA) is 30.2 Å². The van der Waals surface area contributed by atoms with Crippen LogP contribution in [-0.2, 0) is 4.79 Å². The quantitative estimate of drug-likeness (QED) is 0.775. The molecule has 0 radical (unpaired) electrons. The number of allylic oxidation sites excluding steroid dienone is 2. The third kappa shape index (κ3) is 4.48. The van der Waals surface area contributed by atoms with Crippen LogP contribution in [-0.4, -0.2) is 17.3 Å². The van der Waals surface area contributed by atoms with Crippen LogP contribution in [0.3, 0.4) is 0 Å². The number of rotatable bonds is 3. The number of hydrogen-bond acceptors (Lipinski definition) is 4. The SMILES string of the molecule is O=C(C=Cc1ccco1)C=C1SCCCCS1. The van der Waals surface area contributed by atoms with Gasteiger partial charge in [-0.25, -0.2) is 0 Å². The number of carbonyl (C=O) groups excluding carboxylic acids is 1. The molecule has 0 saturated carbocycles. The average molecular weight is 266 g/mol. The molecule has 1 aromatic rings. The summed E-state index contributed by atoms with van der Waals surface area (Å²) >= 11 is 3.56. The summed E-state index contributed by atoms with van der Waals surface area (Å²) in [7, 11) is 0. The molecule has 0 spiro atoms. The van der Waals surface area contributed by atoms with E-state index in [1.165, 1.54) is 12.8 Å². The first-order chi connectivity index (χ1) is 8.34. The molecule has 0 bridgehead atoms. The summed E-state index contributed by atoms with van der Waals surface area (Å²) in [4.78, 5) is 11.7. The van der Waals surface area contributed by atoms with Gasteiger partial charge in [-0.3, -0.25) is 4.79 Å². The molecule has 0 amide bonds. The highest BCUT2D eigenvalue weighted by molar-refractivity contribution is 8.22. The molecule has 2 heterocycles. The fourth-order valence-electron chi connectivity index (χ4n) is 1.39. The summed E-state index contributed by atoms with van der Waals surface area (Å²) in [6, 6.07) is 3.63. The molecular formula is C13H14O2S2. The second-order valence-electron chi connectivity index (χ2n) is 3.62. The van der Waals surface area contributed by atoms with Crippen LogP contribution in [0.4, 0.5) is 0 Å². The first-order valence-electron chi connectivity index (χ1n) is 5.57. The fourth-order valence-corrected chi connectivity index (χ4v) is 3.72. The van der Waals surface area contributed by atoms with Crippen molar-refractivity contribution in [1.29, 1.82) is 0 Å². The summed E-state index contributed by atoms with van der Waals surface area (Å²) < 4.78 is 6.26. The number of furan rings is 1. The third-order valence-electron chi connectivity index (χ3n) is 2.24. The van der Waals surface area contributed by atoms with E-state index in [1.54, 1.807) is 54.1 Å². The van der Waals surface area contributed by atoms with Crippen molar-refractivity contribution < 1.29 is 9.21 Å². The van der Waals surface area contributed by atoms with Crippen LogP contribution in [0.25, 0.3) is 6.08 Å². The van der Waals surface area contributed by atoms with Crippen LogP contribution in [0.5, 0.6) is 0 Å². The Labute approximate surface area is 110 Å². The Kier molecular flexibility index (Phi) is 5.01. The zero-order chi connectivity index (χ0) is 11.9. The molecule has 4 heteroatoms. The molecule has 0 atom stereocenters. The zero-order valence-electron chi connectivity index (χ0n) is 9.43. The van der Waals surface area contributed by atoms with E-state index in [-0.39, 0.29) is 5.78 Å². The second kappa shape index (κ2) is 6.77. The Morgan fingerprint density at radius 1 is 1.29 bits per heavy atom. The smallest absolute Gasteiger partial charge is 0.180 e. The van der Waals surface area contributed by atoms with E-state index in [1.807, 2.05) is 6.07 Å². The molecule has 0 aliphatic carbocycles. The molecule has 1 fully saturated rings. The number of thioether (sulfide) groups is 2. The molecule has 1 aromatic heterocycles. The normalized spacial score (nSPS) is 17.1. The standard InChI is InChI=1S/C13H14O2S2/c14-11(5-6-12-4-3-7-15-12)10-13-16-8-1-2-9-17-13/h3-7,10H,1-2,8-9H2. The van der Waals surface area contributed by atoms with Crippen molar-refractivity contribution in [2.24, 2.45) is 0 Å². The number of carbonyl (C=O) groups is 1. The number of hydrogen-bond donors (Lipinski definition) is 0.